The summed E-state index contributed by atoms with van der Waals surface area (Å²) in [5.74, 6) is 0. The van der Waals surface area contributed by atoms with E-state index in [9.17, 15) is 0 Å². The van der Waals surface area contributed by atoms with Gasteiger partial charge in [0.05, 0.1) is 0 Å². The van der Waals surface area contributed by atoms with Gasteiger partial charge in [-0.05, 0) is 70.8 Å². The summed E-state index contributed by atoms with van der Waals surface area (Å²) in [5.41, 5.74) is 4.84. The fraction of sp³-hybridized carbons (Fsp3) is 0.600. The summed E-state index contributed by atoms with van der Waals surface area (Å²) in [4.78, 5) is 0. The fourth-order valence-corrected chi connectivity index (χ4v) is 10.4. The summed E-state index contributed by atoms with van der Waals surface area (Å²) in [6.45, 7) is 6.95. The first-order chi connectivity index (χ1) is 22.8. The van der Waals surface area contributed by atoms with Gasteiger partial charge in [-0.25, -0.2) is 0 Å². The van der Waals surface area contributed by atoms with E-state index in [-0.39, 0.29) is 0 Å². The van der Waals surface area contributed by atoms with E-state index in [2.05, 4.69) is 93.6 Å². The average Bonchev–Trinajstić information content (AvgIpc) is 3.09. The van der Waals surface area contributed by atoms with Crippen LogP contribution < -0.4 is 15.6 Å². The van der Waals surface area contributed by atoms with E-state index in [1.165, 1.54) is 154 Å². The van der Waals surface area contributed by atoms with E-state index in [4.69, 9.17) is 0 Å². The predicted molar refractivity (Wildman–Crippen MR) is 209 cm³/mol. The van der Waals surface area contributed by atoms with Crippen molar-refractivity contribution in [1.82, 2.24) is 0 Å². The summed E-state index contributed by atoms with van der Waals surface area (Å²) < 4.78 is 0. The molecule has 3 rings (SSSR count). The number of aryl methyl sites for hydroxylation is 3. The zero-order valence-electron chi connectivity index (χ0n) is 30.4. The van der Waals surface area contributed by atoms with E-state index >= 15 is 0 Å². The maximum Gasteiger partial charge on any atom is 0.155 e. The molecule has 0 saturated carbocycles. The average molecular weight is 638 g/mol. The van der Waals surface area contributed by atoms with E-state index in [0.29, 0.717) is 0 Å². The van der Waals surface area contributed by atoms with Crippen molar-refractivity contribution in [3.05, 3.63) is 89.5 Å². The lowest BCUT2D eigenvalue weighted by molar-refractivity contribution is 0.589. The third kappa shape index (κ3) is 14.3. The molecule has 1 radical (unpaired) electrons. The smallest absolute Gasteiger partial charge is 0.0654 e. The van der Waals surface area contributed by atoms with Crippen molar-refractivity contribution in [3.8, 4) is 0 Å². The fourth-order valence-electron chi connectivity index (χ4n) is 7.20. The highest BCUT2D eigenvalue weighted by Gasteiger charge is 2.26. The van der Waals surface area contributed by atoms with Crippen LogP contribution >= 0.6 is 0 Å². The van der Waals surface area contributed by atoms with Crippen LogP contribution in [-0.2, 0) is 19.3 Å². The Labute approximate surface area is 287 Å². The Kier molecular flexibility index (Phi) is 20.8. The van der Waals surface area contributed by atoms with Crippen molar-refractivity contribution in [2.45, 2.75) is 175 Å². The van der Waals surface area contributed by atoms with E-state index in [1.807, 2.05) is 0 Å². The van der Waals surface area contributed by atoms with Gasteiger partial charge in [-0.2, -0.15) is 0 Å². The molecule has 253 valence electrons. The molecule has 0 spiro atoms. The second-order valence-corrected chi connectivity index (χ2v) is 16.3. The number of hydrogen-bond donors (Lipinski definition) is 0. The minimum Gasteiger partial charge on any atom is -0.0654 e. The first kappa shape index (κ1) is 38.3. The highest BCUT2D eigenvalue weighted by molar-refractivity contribution is 6.96. The summed E-state index contributed by atoms with van der Waals surface area (Å²) in [6, 6.07) is 28.8. The van der Waals surface area contributed by atoms with Crippen LogP contribution in [0.2, 0.25) is 0 Å². The Bertz CT molecular complexity index is 1020. The van der Waals surface area contributed by atoms with Crippen LogP contribution in [0.3, 0.4) is 0 Å². The molecule has 0 bridgehead atoms. The van der Waals surface area contributed by atoms with Gasteiger partial charge in [0.25, 0.3) is 0 Å². The molecule has 0 saturated heterocycles. The lowest BCUT2D eigenvalue weighted by atomic mass is 10.0. The monoisotopic (exact) mass is 638 g/mol. The molecule has 0 unspecified atom stereocenters. The molecule has 3 aromatic carbocycles. The van der Waals surface area contributed by atoms with Crippen LogP contribution in [0.25, 0.3) is 0 Å². The van der Waals surface area contributed by atoms with Crippen LogP contribution in [0.4, 0.5) is 0 Å². The standard InChI is InChI=1S/C45H69Si/c1-4-7-10-13-16-19-22-31-40-34-25-28-37-43(40)46(44-38-29-26-35-41(44)32-23-20-17-14-11-8-5-2)45-39-30-27-36-42(45)33-24-21-18-15-12-9-6-3/h25-30,34-39H,4-24,31-33H2,1-3H3. The lowest BCUT2D eigenvalue weighted by Crippen LogP contribution is -2.55. The van der Waals surface area contributed by atoms with Gasteiger partial charge in [-0.15, -0.1) is 0 Å². The SMILES string of the molecule is CCCCCCCCCc1ccccc1[Si](c1ccccc1CCCCCCCCC)c1ccccc1CCCCCCCCC. The van der Waals surface area contributed by atoms with E-state index < -0.39 is 8.80 Å². The predicted octanol–water partition coefficient (Wildman–Crippen LogP) is 12.1. The molecular formula is C45H69Si. The van der Waals surface area contributed by atoms with Crippen LogP contribution in [0, 0.1) is 0 Å². The number of rotatable bonds is 27. The zero-order valence-corrected chi connectivity index (χ0v) is 31.4. The van der Waals surface area contributed by atoms with Crippen molar-refractivity contribution >= 4 is 24.4 Å². The van der Waals surface area contributed by atoms with Gasteiger partial charge in [-0.1, -0.05) is 209 Å². The molecule has 0 aliphatic carbocycles. The Morgan fingerprint density at radius 1 is 0.304 bits per heavy atom. The Hall–Kier alpha value is -2.12. The molecule has 0 aliphatic rings. The Morgan fingerprint density at radius 2 is 0.543 bits per heavy atom. The number of hydrogen-bond acceptors (Lipinski definition) is 0. The molecule has 0 fully saturated rings. The molecular weight excluding hydrogens is 569 g/mol. The molecule has 0 N–H and O–H groups in total. The van der Waals surface area contributed by atoms with Crippen molar-refractivity contribution in [3.63, 3.8) is 0 Å². The summed E-state index contributed by atoms with van der Waals surface area (Å²) in [6.07, 6.45) is 32.5. The van der Waals surface area contributed by atoms with Crippen molar-refractivity contribution < 1.29 is 0 Å². The second-order valence-electron chi connectivity index (χ2n) is 14.0. The minimum atomic E-state index is -1.13. The van der Waals surface area contributed by atoms with Crippen LogP contribution in [0.1, 0.15) is 172 Å². The second kappa shape index (κ2) is 25.0. The van der Waals surface area contributed by atoms with Crippen molar-refractivity contribution in [1.29, 1.82) is 0 Å². The Morgan fingerprint density at radius 3 is 0.826 bits per heavy atom. The van der Waals surface area contributed by atoms with Gasteiger partial charge in [0.15, 0.2) is 8.80 Å². The van der Waals surface area contributed by atoms with Crippen molar-refractivity contribution in [2.24, 2.45) is 0 Å². The molecule has 46 heavy (non-hydrogen) atoms. The third-order valence-electron chi connectivity index (χ3n) is 10.0. The highest BCUT2D eigenvalue weighted by atomic mass is 28.3. The summed E-state index contributed by atoms with van der Waals surface area (Å²) >= 11 is 0. The first-order valence-electron chi connectivity index (χ1n) is 19.9. The molecule has 0 nitrogen and oxygen atoms in total. The van der Waals surface area contributed by atoms with E-state index in [1.54, 1.807) is 32.3 Å². The van der Waals surface area contributed by atoms with Crippen LogP contribution in [0.15, 0.2) is 72.8 Å². The van der Waals surface area contributed by atoms with Crippen molar-refractivity contribution in [2.75, 3.05) is 0 Å². The van der Waals surface area contributed by atoms with Gasteiger partial charge in [0.1, 0.15) is 0 Å². The van der Waals surface area contributed by atoms with Crippen LogP contribution in [-0.4, -0.2) is 8.80 Å². The van der Waals surface area contributed by atoms with E-state index in [0.717, 1.165) is 0 Å². The third-order valence-corrected chi connectivity index (χ3v) is 13.1. The maximum atomic E-state index is 2.51. The first-order valence-corrected chi connectivity index (χ1v) is 21.4. The number of unbranched alkanes of at least 4 members (excludes halogenated alkanes) is 18. The normalized spacial score (nSPS) is 11.5. The van der Waals surface area contributed by atoms with Gasteiger partial charge in [0, 0.05) is 0 Å². The quantitative estimate of drug-likeness (QED) is 0.0443. The molecule has 0 amide bonds. The Balaban J connectivity index is 1.85. The largest absolute Gasteiger partial charge is 0.155 e. The minimum absolute atomic E-state index is 1.13. The van der Waals surface area contributed by atoms with Gasteiger partial charge in [-0.3, -0.25) is 0 Å². The summed E-state index contributed by atoms with van der Waals surface area (Å²) in [7, 11) is -1.13. The summed E-state index contributed by atoms with van der Waals surface area (Å²) in [5, 5.41) is 4.95. The van der Waals surface area contributed by atoms with Gasteiger partial charge < -0.3 is 0 Å². The molecule has 0 aliphatic heterocycles. The van der Waals surface area contributed by atoms with Gasteiger partial charge >= 0.3 is 0 Å². The highest BCUT2D eigenvalue weighted by Crippen LogP contribution is 2.16. The number of benzene rings is 3. The molecule has 3 aromatic rings. The molecule has 0 heterocycles. The molecule has 0 aromatic heterocycles. The zero-order chi connectivity index (χ0) is 32.5. The van der Waals surface area contributed by atoms with Gasteiger partial charge in [0.2, 0.25) is 0 Å². The van der Waals surface area contributed by atoms with Crippen LogP contribution in [0.5, 0.6) is 0 Å². The topological polar surface area (TPSA) is 0 Å². The lowest BCUT2D eigenvalue weighted by Gasteiger charge is -2.25. The molecule has 0 atom stereocenters. The maximum absolute atomic E-state index is 2.51. The molecule has 1 heteroatoms.